The number of amides is 2. The largest absolute Gasteiger partial charge is 0.479 e. The monoisotopic (exact) mass is 244 g/mol. The third kappa shape index (κ3) is 3.89. The number of carbonyl (C=O) groups is 2. The minimum absolute atomic E-state index is 0.0266. The quantitative estimate of drug-likeness (QED) is 0.661. The van der Waals surface area contributed by atoms with Crippen LogP contribution in [0.4, 0.5) is 4.79 Å². The highest BCUT2D eigenvalue weighted by Gasteiger charge is 2.29. The molecule has 3 atom stereocenters. The zero-order chi connectivity index (χ0) is 13.0. The Bertz CT molecular complexity index is 295. The lowest BCUT2D eigenvalue weighted by Gasteiger charge is -2.22. The highest BCUT2D eigenvalue weighted by molar-refractivity contribution is 5.75. The number of carboxylic acid groups (broad SMARTS) is 1. The van der Waals surface area contributed by atoms with E-state index in [-0.39, 0.29) is 25.0 Å². The van der Waals surface area contributed by atoms with E-state index in [4.69, 9.17) is 10.2 Å². The third-order valence-electron chi connectivity index (χ3n) is 3.02. The second-order valence-electron chi connectivity index (χ2n) is 4.72. The number of urea groups is 1. The number of hydrogen-bond donors (Lipinski definition) is 3. The first-order valence-electron chi connectivity index (χ1n) is 5.87. The van der Waals surface area contributed by atoms with E-state index >= 15 is 0 Å². The molecule has 0 aromatic carbocycles. The third-order valence-corrected chi connectivity index (χ3v) is 3.02. The molecule has 1 aliphatic heterocycles. The SMILES string of the molecule is CC1CC(C)N(C(=O)NCCC(O)C(=O)O)C1. The molecule has 6 heteroatoms. The topological polar surface area (TPSA) is 89.9 Å². The molecule has 0 bridgehead atoms. The van der Waals surface area contributed by atoms with Gasteiger partial charge in [-0.25, -0.2) is 9.59 Å². The van der Waals surface area contributed by atoms with Gasteiger partial charge in [-0.1, -0.05) is 6.92 Å². The first-order chi connectivity index (χ1) is 7.91. The van der Waals surface area contributed by atoms with Gasteiger partial charge in [-0.15, -0.1) is 0 Å². The number of aliphatic carboxylic acids is 1. The Balaban J connectivity index is 2.28. The van der Waals surface area contributed by atoms with Gasteiger partial charge in [-0.3, -0.25) is 0 Å². The fourth-order valence-corrected chi connectivity index (χ4v) is 2.12. The predicted octanol–water partition coefficient (Wildman–Crippen LogP) is 0.262. The number of aliphatic hydroxyl groups excluding tert-OH is 1. The van der Waals surface area contributed by atoms with Gasteiger partial charge in [0.1, 0.15) is 0 Å². The van der Waals surface area contributed by atoms with Crippen molar-refractivity contribution >= 4 is 12.0 Å². The average Bonchev–Trinajstić information content (AvgIpc) is 2.57. The molecule has 0 aromatic rings. The number of nitrogens with one attached hydrogen (secondary N) is 1. The molecule has 3 unspecified atom stereocenters. The molecule has 0 aliphatic carbocycles. The van der Waals surface area contributed by atoms with Crippen molar-refractivity contribution in [1.29, 1.82) is 0 Å². The summed E-state index contributed by atoms with van der Waals surface area (Å²) in [5.74, 6) is -0.761. The van der Waals surface area contributed by atoms with Crippen molar-refractivity contribution in [2.24, 2.45) is 5.92 Å². The number of carbonyl (C=O) groups excluding carboxylic acids is 1. The average molecular weight is 244 g/mol. The zero-order valence-electron chi connectivity index (χ0n) is 10.2. The van der Waals surface area contributed by atoms with E-state index < -0.39 is 12.1 Å². The van der Waals surface area contributed by atoms with Crippen LogP contribution in [0.2, 0.25) is 0 Å². The maximum atomic E-state index is 11.7. The van der Waals surface area contributed by atoms with Crippen LogP contribution in [0, 0.1) is 5.92 Å². The second-order valence-corrected chi connectivity index (χ2v) is 4.72. The van der Waals surface area contributed by atoms with Crippen molar-refractivity contribution in [2.45, 2.75) is 38.8 Å². The van der Waals surface area contributed by atoms with Gasteiger partial charge in [-0.2, -0.15) is 0 Å². The van der Waals surface area contributed by atoms with Crippen molar-refractivity contribution in [2.75, 3.05) is 13.1 Å². The van der Waals surface area contributed by atoms with E-state index in [0.717, 1.165) is 13.0 Å². The minimum atomic E-state index is -1.41. The number of likely N-dealkylation sites (tertiary alicyclic amines) is 1. The standard InChI is InChI=1S/C11H20N2O4/c1-7-5-8(2)13(6-7)11(17)12-4-3-9(14)10(15)16/h7-9,14H,3-6H2,1-2H3,(H,12,17)(H,15,16). The van der Waals surface area contributed by atoms with Crippen LogP contribution >= 0.6 is 0 Å². The van der Waals surface area contributed by atoms with Crippen molar-refractivity contribution in [3.63, 3.8) is 0 Å². The summed E-state index contributed by atoms with van der Waals surface area (Å²) < 4.78 is 0. The molecule has 6 nitrogen and oxygen atoms in total. The lowest BCUT2D eigenvalue weighted by molar-refractivity contribution is -0.146. The summed E-state index contributed by atoms with van der Waals surface area (Å²) in [6.07, 6.45) is -0.394. The van der Waals surface area contributed by atoms with E-state index in [1.54, 1.807) is 4.90 Å². The number of hydrogen-bond acceptors (Lipinski definition) is 3. The second kappa shape index (κ2) is 5.86. The van der Waals surface area contributed by atoms with Gasteiger partial charge in [0.15, 0.2) is 6.10 Å². The maximum Gasteiger partial charge on any atom is 0.332 e. The lowest BCUT2D eigenvalue weighted by Crippen LogP contribution is -2.43. The van der Waals surface area contributed by atoms with E-state index in [1.165, 1.54) is 0 Å². The fraction of sp³-hybridized carbons (Fsp3) is 0.818. The minimum Gasteiger partial charge on any atom is -0.479 e. The van der Waals surface area contributed by atoms with Crippen LogP contribution in [-0.4, -0.2) is 52.3 Å². The van der Waals surface area contributed by atoms with Crippen LogP contribution in [0.15, 0.2) is 0 Å². The van der Waals surface area contributed by atoms with Crippen molar-refractivity contribution in [3.8, 4) is 0 Å². The normalized spacial score (nSPS) is 25.7. The first kappa shape index (κ1) is 13.8. The predicted molar refractivity (Wildman–Crippen MR) is 61.6 cm³/mol. The van der Waals surface area contributed by atoms with Crippen molar-refractivity contribution in [1.82, 2.24) is 10.2 Å². The number of nitrogens with zero attached hydrogens (tertiary/aromatic N) is 1. The Morgan fingerprint density at radius 2 is 2.12 bits per heavy atom. The molecular weight excluding hydrogens is 224 g/mol. The molecule has 1 heterocycles. The summed E-state index contributed by atoms with van der Waals surface area (Å²) in [6.45, 7) is 4.99. The van der Waals surface area contributed by atoms with Gasteiger partial charge >= 0.3 is 12.0 Å². The Kier molecular flexibility index (Phi) is 4.74. The molecule has 0 spiro atoms. The highest BCUT2D eigenvalue weighted by Crippen LogP contribution is 2.21. The van der Waals surface area contributed by atoms with Crippen molar-refractivity contribution in [3.05, 3.63) is 0 Å². The zero-order valence-corrected chi connectivity index (χ0v) is 10.2. The van der Waals surface area contributed by atoms with E-state index in [9.17, 15) is 9.59 Å². The summed E-state index contributed by atoms with van der Waals surface area (Å²) >= 11 is 0. The van der Waals surface area contributed by atoms with E-state index in [2.05, 4.69) is 12.2 Å². The smallest absolute Gasteiger partial charge is 0.332 e. The van der Waals surface area contributed by atoms with E-state index in [0.29, 0.717) is 5.92 Å². The van der Waals surface area contributed by atoms with Crippen LogP contribution in [-0.2, 0) is 4.79 Å². The summed E-state index contributed by atoms with van der Waals surface area (Å²) in [5.41, 5.74) is 0. The number of rotatable bonds is 4. The molecule has 0 saturated carbocycles. The molecule has 98 valence electrons. The van der Waals surface area contributed by atoms with Crippen LogP contribution in [0.3, 0.4) is 0 Å². The Morgan fingerprint density at radius 3 is 2.59 bits per heavy atom. The highest BCUT2D eigenvalue weighted by atomic mass is 16.4. The van der Waals surface area contributed by atoms with Gasteiger partial charge in [0.25, 0.3) is 0 Å². The van der Waals surface area contributed by atoms with Crippen LogP contribution in [0.25, 0.3) is 0 Å². The summed E-state index contributed by atoms with van der Waals surface area (Å²) in [7, 11) is 0. The molecule has 1 saturated heterocycles. The maximum absolute atomic E-state index is 11.7. The van der Waals surface area contributed by atoms with Crippen LogP contribution < -0.4 is 5.32 Å². The Labute approximate surface area is 101 Å². The molecule has 2 amide bonds. The number of aliphatic hydroxyl groups is 1. The molecule has 1 fully saturated rings. The summed E-state index contributed by atoms with van der Waals surface area (Å²) in [5, 5.41) is 20.1. The van der Waals surface area contributed by atoms with Gasteiger partial charge < -0.3 is 20.4 Å². The fourth-order valence-electron chi connectivity index (χ4n) is 2.12. The van der Waals surface area contributed by atoms with Crippen molar-refractivity contribution < 1.29 is 19.8 Å². The molecule has 0 radical (unpaired) electrons. The first-order valence-corrected chi connectivity index (χ1v) is 5.87. The molecular formula is C11H20N2O4. The van der Waals surface area contributed by atoms with Gasteiger partial charge in [-0.05, 0) is 19.3 Å². The lowest BCUT2D eigenvalue weighted by atomic mass is 10.1. The Morgan fingerprint density at radius 1 is 1.47 bits per heavy atom. The Hall–Kier alpha value is -1.30. The van der Waals surface area contributed by atoms with Gasteiger partial charge in [0.05, 0.1) is 0 Å². The molecule has 1 rings (SSSR count). The summed E-state index contributed by atoms with van der Waals surface area (Å²) in [6, 6.07) is 0.0360. The van der Waals surface area contributed by atoms with Crippen LogP contribution in [0.5, 0.6) is 0 Å². The molecule has 3 N–H and O–H groups in total. The van der Waals surface area contributed by atoms with Crippen LogP contribution in [0.1, 0.15) is 26.7 Å². The van der Waals surface area contributed by atoms with Gasteiger partial charge in [0, 0.05) is 25.6 Å². The molecule has 17 heavy (non-hydrogen) atoms. The summed E-state index contributed by atoms with van der Waals surface area (Å²) in [4.78, 5) is 23.8. The molecule has 0 aromatic heterocycles. The van der Waals surface area contributed by atoms with Gasteiger partial charge in [0.2, 0.25) is 0 Å². The van der Waals surface area contributed by atoms with E-state index in [1.807, 2.05) is 6.92 Å². The molecule has 1 aliphatic rings. The number of carboxylic acids is 1.